The second-order valence-electron chi connectivity index (χ2n) is 10.3. The predicted molar refractivity (Wildman–Crippen MR) is 126 cm³/mol. The molecule has 5 nitrogen and oxygen atoms in total. The Kier molecular flexibility index (Phi) is 4.77. The topological polar surface area (TPSA) is 59.0 Å². The molecule has 1 saturated heterocycles. The molecule has 4 atom stereocenters. The molecule has 1 N–H and O–H groups in total. The summed E-state index contributed by atoms with van der Waals surface area (Å²) in [5.74, 6) is 1.96. The zero-order valence-corrected chi connectivity index (χ0v) is 19.6. The van der Waals surface area contributed by atoms with Crippen molar-refractivity contribution in [1.29, 1.82) is 0 Å². The van der Waals surface area contributed by atoms with Crippen molar-refractivity contribution in [2.45, 2.75) is 69.4 Å². The molecule has 1 saturated carbocycles. The molecule has 1 spiro atoms. The summed E-state index contributed by atoms with van der Waals surface area (Å²) in [6.45, 7) is 6.78. The van der Waals surface area contributed by atoms with Crippen molar-refractivity contribution < 1.29 is 19.4 Å². The summed E-state index contributed by atoms with van der Waals surface area (Å²) in [6.07, 6.45) is 5.11. The Bertz CT molecular complexity index is 1100. The highest BCUT2D eigenvalue weighted by Crippen LogP contribution is 2.68. The first-order chi connectivity index (χ1) is 16.0. The van der Waals surface area contributed by atoms with E-state index in [-0.39, 0.29) is 16.9 Å². The van der Waals surface area contributed by atoms with Crippen LogP contribution in [-0.4, -0.2) is 47.1 Å². The van der Waals surface area contributed by atoms with Crippen LogP contribution in [0.2, 0.25) is 0 Å². The van der Waals surface area contributed by atoms with E-state index in [1.54, 1.807) is 6.07 Å². The Hall–Kier alpha value is -2.53. The number of likely N-dealkylation sites (N-methyl/N-ethyl adjacent to an activating group) is 1. The van der Waals surface area contributed by atoms with Crippen LogP contribution in [0.1, 0.15) is 56.2 Å². The average Bonchev–Trinajstić information content (AvgIpc) is 3.10. The monoisotopic (exact) mass is 447 g/mol. The zero-order chi connectivity index (χ0) is 22.8. The third-order valence-corrected chi connectivity index (χ3v) is 9.03. The summed E-state index contributed by atoms with van der Waals surface area (Å²) in [7, 11) is 0. The number of carbonyl (C=O) groups is 1. The minimum absolute atomic E-state index is 0.111. The Morgan fingerprint density at radius 1 is 1.27 bits per heavy atom. The Morgan fingerprint density at radius 2 is 2.09 bits per heavy atom. The summed E-state index contributed by atoms with van der Waals surface area (Å²) in [5.41, 5.74) is 2.28. The third kappa shape index (κ3) is 2.78. The summed E-state index contributed by atoms with van der Waals surface area (Å²) in [4.78, 5) is 15.9. The number of nitrogens with zero attached hydrogens (tertiary/aromatic N) is 1. The molecule has 2 aliphatic heterocycles. The standard InChI is InChI=1S/C28H33NO4/c1-3-29-14-13-28-20-11-12-24(31)27(28,2)33-26-22(30)17-23(19(25(26)28)16-21(20)29)32-15-7-10-18-8-5-4-6-9-18/h4-6,8-9,17,20-21,30H,3,7,10-16H2,1-2H3/t20-,21+,27-,28-/m0/s1. The average molecular weight is 448 g/mol. The van der Waals surface area contributed by atoms with Crippen molar-refractivity contribution in [2.75, 3.05) is 19.7 Å². The molecular formula is C28H33NO4. The molecular weight excluding hydrogens is 414 g/mol. The first kappa shape index (κ1) is 21.0. The van der Waals surface area contributed by atoms with Crippen LogP contribution in [0.3, 0.4) is 0 Å². The van der Waals surface area contributed by atoms with Gasteiger partial charge in [0.05, 0.1) is 12.0 Å². The zero-order valence-electron chi connectivity index (χ0n) is 19.6. The molecule has 0 aromatic heterocycles. The molecule has 2 fully saturated rings. The van der Waals surface area contributed by atoms with Crippen molar-refractivity contribution in [1.82, 2.24) is 4.90 Å². The van der Waals surface area contributed by atoms with Gasteiger partial charge in [-0.1, -0.05) is 37.3 Å². The molecule has 2 bridgehead atoms. The fourth-order valence-electron chi connectivity index (χ4n) is 7.51. The number of ketones is 1. The highest BCUT2D eigenvalue weighted by atomic mass is 16.5. The number of aryl methyl sites for hydroxylation is 1. The molecule has 0 unspecified atom stereocenters. The lowest BCUT2D eigenvalue weighted by Crippen LogP contribution is -2.70. The van der Waals surface area contributed by atoms with Crippen molar-refractivity contribution in [3.8, 4) is 17.2 Å². The van der Waals surface area contributed by atoms with Gasteiger partial charge in [0, 0.05) is 29.7 Å². The van der Waals surface area contributed by atoms with Gasteiger partial charge in [-0.2, -0.15) is 0 Å². The molecule has 2 heterocycles. The molecule has 6 rings (SSSR count). The maximum atomic E-state index is 13.3. The molecule has 0 radical (unpaired) electrons. The molecule has 0 amide bonds. The SMILES string of the molecule is CCN1CC[C@]23c4c5c(OCCCc6ccccc6)cc(O)c4O[C@@]2(C)C(=O)CC[C@H]3[C@H]1C5. The van der Waals surface area contributed by atoms with Gasteiger partial charge in [-0.3, -0.25) is 9.69 Å². The molecule has 2 aromatic carbocycles. The lowest BCUT2D eigenvalue weighted by molar-refractivity contribution is -0.154. The molecule has 2 aliphatic carbocycles. The minimum Gasteiger partial charge on any atom is -0.504 e. The van der Waals surface area contributed by atoms with Gasteiger partial charge in [-0.15, -0.1) is 0 Å². The predicted octanol–water partition coefficient (Wildman–Crippen LogP) is 4.42. The van der Waals surface area contributed by atoms with E-state index in [4.69, 9.17) is 9.47 Å². The largest absolute Gasteiger partial charge is 0.504 e. The smallest absolute Gasteiger partial charge is 0.177 e. The van der Waals surface area contributed by atoms with Crippen molar-refractivity contribution >= 4 is 5.78 Å². The summed E-state index contributed by atoms with van der Waals surface area (Å²) >= 11 is 0. The van der Waals surface area contributed by atoms with E-state index in [2.05, 4.69) is 36.1 Å². The highest BCUT2D eigenvalue weighted by molar-refractivity contribution is 5.93. The molecule has 174 valence electrons. The van der Waals surface area contributed by atoms with Gasteiger partial charge < -0.3 is 14.6 Å². The number of benzene rings is 2. The van der Waals surface area contributed by atoms with E-state index in [1.165, 1.54) is 5.56 Å². The van der Waals surface area contributed by atoms with E-state index < -0.39 is 5.60 Å². The third-order valence-electron chi connectivity index (χ3n) is 9.03. The van der Waals surface area contributed by atoms with Crippen LogP contribution < -0.4 is 9.47 Å². The number of likely N-dealkylation sites (tertiary alicyclic amines) is 1. The van der Waals surface area contributed by atoms with E-state index in [0.717, 1.165) is 62.1 Å². The fourth-order valence-corrected chi connectivity index (χ4v) is 7.51. The van der Waals surface area contributed by atoms with E-state index in [9.17, 15) is 9.90 Å². The molecule has 5 heteroatoms. The number of hydrogen-bond donors (Lipinski definition) is 1. The van der Waals surface area contributed by atoms with Crippen LogP contribution >= 0.6 is 0 Å². The van der Waals surface area contributed by atoms with Gasteiger partial charge in [0.15, 0.2) is 22.9 Å². The number of aromatic hydroxyl groups is 1. The molecule has 33 heavy (non-hydrogen) atoms. The van der Waals surface area contributed by atoms with Gasteiger partial charge in [-0.25, -0.2) is 0 Å². The highest BCUT2D eigenvalue weighted by Gasteiger charge is 2.72. The van der Waals surface area contributed by atoms with Crippen molar-refractivity contribution in [2.24, 2.45) is 5.92 Å². The van der Waals surface area contributed by atoms with Gasteiger partial charge in [0.1, 0.15) is 5.75 Å². The minimum atomic E-state index is -0.894. The second-order valence-corrected chi connectivity index (χ2v) is 10.3. The van der Waals surface area contributed by atoms with Crippen LogP contribution in [0, 0.1) is 5.92 Å². The number of phenols is 1. The number of ether oxygens (including phenoxy) is 2. The molecule has 4 aliphatic rings. The van der Waals surface area contributed by atoms with Gasteiger partial charge in [-0.05, 0) is 63.6 Å². The van der Waals surface area contributed by atoms with Crippen LogP contribution in [0.5, 0.6) is 17.2 Å². The van der Waals surface area contributed by atoms with E-state index in [1.807, 2.05) is 13.0 Å². The number of rotatable bonds is 6. The van der Waals surface area contributed by atoms with Crippen LogP contribution in [0.15, 0.2) is 36.4 Å². The van der Waals surface area contributed by atoms with Crippen molar-refractivity contribution in [3.05, 3.63) is 53.1 Å². The first-order valence-electron chi connectivity index (χ1n) is 12.5. The second kappa shape index (κ2) is 7.49. The van der Waals surface area contributed by atoms with E-state index in [0.29, 0.717) is 30.7 Å². The summed E-state index contributed by atoms with van der Waals surface area (Å²) < 4.78 is 12.8. The fraction of sp³-hybridized carbons (Fsp3) is 0.536. The summed E-state index contributed by atoms with van der Waals surface area (Å²) in [6, 6.07) is 12.6. The van der Waals surface area contributed by atoms with Gasteiger partial charge >= 0.3 is 0 Å². The maximum absolute atomic E-state index is 13.3. The Morgan fingerprint density at radius 3 is 2.88 bits per heavy atom. The lowest BCUT2D eigenvalue weighted by Gasteiger charge is -2.60. The quantitative estimate of drug-likeness (QED) is 0.665. The van der Waals surface area contributed by atoms with Crippen LogP contribution in [0.25, 0.3) is 0 Å². The van der Waals surface area contributed by atoms with Gasteiger partial charge in [0.25, 0.3) is 0 Å². The van der Waals surface area contributed by atoms with Crippen molar-refractivity contribution in [3.63, 3.8) is 0 Å². The normalized spacial score (nSPS) is 31.8. The lowest BCUT2D eigenvalue weighted by atomic mass is 9.47. The Balaban J connectivity index is 1.38. The Labute approximate surface area is 195 Å². The van der Waals surface area contributed by atoms with E-state index >= 15 is 0 Å². The first-order valence-corrected chi connectivity index (χ1v) is 12.5. The number of piperidine rings is 1. The maximum Gasteiger partial charge on any atom is 0.177 e. The number of hydrogen-bond acceptors (Lipinski definition) is 5. The number of carbonyl (C=O) groups excluding carboxylic acids is 1. The number of phenolic OH excluding ortho intramolecular Hbond substituents is 1. The van der Waals surface area contributed by atoms with Gasteiger partial charge in [0.2, 0.25) is 0 Å². The number of Topliss-reactive ketones (excluding diaryl/α,β-unsaturated/α-hetero) is 1. The summed E-state index contributed by atoms with van der Waals surface area (Å²) in [5, 5.41) is 11.0. The molecule has 2 aromatic rings. The van der Waals surface area contributed by atoms with Crippen LogP contribution in [0.4, 0.5) is 0 Å². The van der Waals surface area contributed by atoms with Crippen LogP contribution in [-0.2, 0) is 23.1 Å².